The molecule has 3 heterocycles. The molecule has 1 aliphatic carbocycles. The molecule has 13 rings (SSSR count). The van der Waals surface area contributed by atoms with Crippen LogP contribution in [0.5, 0.6) is 0 Å². The van der Waals surface area contributed by atoms with Crippen molar-refractivity contribution >= 4 is 65.4 Å². The van der Waals surface area contributed by atoms with Crippen molar-refractivity contribution in [2.75, 3.05) is 0 Å². The molecule has 0 atom stereocenters. The lowest BCUT2D eigenvalue weighted by Gasteiger charge is -2.22. The van der Waals surface area contributed by atoms with Crippen LogP contribution in [0.2, 0.25) is 0 Å². The Balaban J connectivity index is 0.986. The molecular weight excluding hydrogens is 727 g/mol. The van der Waals surface area contributed by atoms with Crippen molar-refractivity contribution in [3.8, 4) is 39.3 Å². The second-order valence-electron chi connectivity index (χ2n) is 16.9. The number of hydrogen-bond donors (Lipinski definition) is 0. The Hall–Kier alpha value is -7.62. The van der Waals surface area contributed by atoms with Gasteiger partial charge in [0, 0.05) is 60.4 Å². The summed E-state index contributed by atoms with van der Waals surface area (Å²) in [6.07, 6.45) is 0. The first kappa shape index (κ1) is 33.4. The first-order valence-electron chi connectivity index (χ1n) is 20.9. The van der Waals surface area contributed by atoms with Gasteiger partial charge < -0.3 is 13.7 Å². The lowest BCUT2D eigenvalue weighted by molar-refractivity contribution is 0.660. The number of nitrogens with zero attached hydrogens (tertiary/aromatic N) is 3. The van der Waals surface area contributed by atoms with Crippen LogP contribution in [-0.2, 0) is 5.41 Å². The van der Waals surface area contributed by atoms with Gasteiger partial charge in [-0.2, -0.15) is 0 Å². The summed E-state index contributed by atoms with van der Waals surface area (Å²) < 4.78 is 7.33. The number of aromatic nitrogens is 3. The fraction of sp³-hybridized carbons (Fsp3) is 0.0526. The summed E-state index contributed by atoms with van der Waals surface area (Å²) in [5, 5.41) is 7.61. The van der Waals surface area contributed by atoms with Gasteiger partial charge in [0.15, 0.2) is 0 Å². The van der Waals surface area contributed by atoms with E-state index in [1.165, 1.54) is 116 Å². The van der Waals surface area contributed by atoms with E-state index < -0.39 is 0 Å². The van der Waals surface area contributed by atoms with Crippen molar-refractivity contribution in [2.45, 2.75) is 19.3 Å². The third kappa shape index (κ3) is 4.49. The van der Waals surface area contributed by atoms with Crippen molar-refractivity contribution in [2.24, 2.45) is 0 Å². The summed E-state index contributed by atoms with van der Waals surface area (Å²) in [4.78, 5) is 0. The van der Waals surface area contributed by atoms with Gasteiger partial charge in [0.2, 0.25) is 0 Å². The van der Waals surface area contributed by atoms with Crippen LogP contribution in [0.1, 0.15) is 25.0 Å². The molecule has 1 aliphatic rings. The summed E-state index contributed by atoms with van der Waals surface area (Å²) in [6, 6.07) is 74.0. The van der Waals surface area contributed by atoms with Gasteiger partial charge in [-0.25, -0.2) is 0 Å². The second-order valence-corrected chi connectivity index (χ2v) is 16.9. The average molecular weight is 766 g/mol. The maximum Gasteiger partial charge on any atom is 0.0622 e. The lowest BCUT2D eigenvalue weighted by atomic mass is 9.82. The molecule has 0 radical (unpaired) electrons. The van der Waals surface area contributed by atoms with Crippen LogP contribution in [0.25, 0.3) is 105 Å². The average Bonchev–Trinajstić information content (AvgIpc) is 4.00. The highest BCUT2D eigenvalue weighted by atomic mass is 15.0. The predicted molar refractivity (Wildman–Crippen MR) is 252 cm³/mol. The monoisotopic (exact) mass is 765 g/mol. The Bertz CT molecular complexity index is 3730. The highest BCUT2D eigenvalue weighted by Crippen LogP contribution is 2.54. The molecule has 0 saturated heterocycles. The number of para-hydroxylation sites is 5. The van der Waals surface area contributed by atoms with E-state index in [9.17, 15) is 0 Å². The van der Waals surface area contributed by atoms with Crippen molar-refractivity contribution in [3.05, 3.63) is 211 Å². The van der Waals surface area contributed by atoms with Crippen molar-refractivity contribution in [1.29, 1.82) is 0 Å². The molecule has 3 heteroatoms. The summed E-state index contributed by atoms with van der Waals surface area (Å²) >= 11 is 0. The van der Waals surface area contributed by atoms with Gasteiger partial charge in [-0.3, -0.25) is 0 Å². The van der Waals surface area contributed by atoms with E-state index in [1.54, 1.807) is 0 Å². The zero-order valence-corrected chi connectivity index (χ0v) is 33.4. The van der Waals surface area contributed by atoms with Gasteiger partial charge in [-0.1, -0.05) is 135 Å². The first-order chi connectivity index (χ1) is 29.5. The van der Waals surface area contributed by atoms with Crippen molar-refractivity contribution in [3.63, 3.8) is 0 Å². The van der Waals surface area contributed by atoms with Gasteiger partial charge in [-0.05, 0) is 107 Å². The number of fused-ring (bicyclic) bond motifs is 13. The molecule has 0 N–H and O–H groups in total. The van der Waals surface area contributed by atoms with Crippen molar-refractivity contribution in [1.82, 2.24) is 13.7 Å². The molecule has 0 saturated carbocycles. The maximum atomic E-state index is 2.48. The molecule has 0 unspecified atom stereocenters. The highest BCUT2D eigenvalue weighted by Gasteiger charge is 2.38. The molecule has 0 aliphatic heterocycles. The van der Waals surface area contributed by atoms with E-state index in [-0.39, 0.29) is 5.41 Å². The van der Waals surface area contributed by atoms with Crippen LogP contribution in [-0.4, -0.2) is 13.7 Å². The number of rotatable bonds is 4. The fourth-order valence-corrected chi connectivity index (χ4v) is 10.7. The molecule has 60 heavy (non-hydrogen) atoms. The number of hydrogen-bond acceptors (Lipinski definition) is 0. The molecule has 0 bridgehead atoms. The molecule has 12 aromatic rings. The third-order valence-electron chi connectivity index (χ3n) is 13.4. The Morgan fingerprint density at radius 2 is 0.783 bits per heavy atom. The summed E-state index contributed by atoms with van der Waals surface area (Å²) in [7, 11) is 0. The summed E-state index contributed by atoms with van der Waals surface area (Å²) in [5.74, 6) is 0. The minimum atomic E-state index is -0.193. The van der Waals surface area contributed by atoms with Crippen LogP contribution in [0.4, 0.5) is 0 Å². The standard InChI is InChI=1S/C57H39N3/c1-57(2)48-30-29-44-41-19-9-14-24-52(41)60(39-17-7-4-8-18-39)56(44)55(48)45-28-27-40(35-49(45)57)59-51-23-13-11-21-43(51)47-34-37(26-32-54(47)59)36-25-31-53-46(33-36)42-20-10-12-22-50(42)58(53)38-15-5-3-6-16-38/h3-35H,1-2H3. The smallest absolute Gasteiger partial charge is 0.0622 e. The van der Waals surface area contributed by atoms with E-state index in [4.69, 9.17) is 0 Å². The summed E-state index contributed by atoms with van der Waals surface area (Å²) in [6.45, 7) is 4.80. The maximum absolute atomic E-state index is 2.48. The Morgan fingerprint density at radius 3 is 1.37 bits per heavy atom. The minimum Gasteiger partial charge on any atom is -0.309 e. The zero-order valence-electron chi connectivity index (χ0n) is 33.4. The van der Waals surface area contributed by atoms with Crippen LogP contribution in [0.15, 0.2) is 200 Å². The third-order valence-corrected chi connectivity index (χ3v) is 13.4. The molecule has 3 nitrogen and oxygen atoms in total. The molecule has 282 valence electrons. The van der Waals surface area contributed by atoms with E-state index in [2.05, 4.69) is 228 Å². The molecular formula is C57H39N3. The number of benzene rings is 9. The van der Waals surface area contributed by atoms with E-state index in [0.717, 1.165) is 0 Å². The lowest BCUT2D eigenvalue weighted by Crippen LogP contribution is -2.15. The van der Waals surface area contributed by atoms with Crippen LogP contribution in [0.3, 0.4) is 0 Å². The molecule has 0 spiro atoms. The fourth-order valence-electron chi connectivity index (χ4n) is 10.7. The summed E-state index contributed by atoms with van der Waals surface area (Å²) in [5.41, 5.74) is 18.5. The first-order valence-corrected chi connectivity index (χ1v) is 20.9. The van der Waals surface area contributed by atoms with Gasteiger partial charge in [0.25, 0.3) is 0 Å². The van der Waals surface area contributed by atoms with Crippen LogP contribution >= 0.6 is 0 Å². The topological polar surface area (TPSA) is 14.8 Å². The molecule has 3 aromatic heterocycles. The quantitative estimate of drug-likeness (QED) is 0.169. The van der Waals surface area contributed by atoms with Gasteiger partial charge in [-0.15, -0.1) is 0 Å². The van der Waals surface area contributed by atoms with Crippen molar-refractivity contribution < 1.29 is 0 Å². The van der Waals surface area contributed by atoms with Gasteiger partial charge in [0.05, 0.1) is 33.1 Å². The molecule has 0 fully saturated rings. The molecule has 9 aromatic carbocycles. The van der Waals surface area contributed by atoms with E-state index in [1.807, 2.05) is 0 Å². The normalized spacial score (nSPS) is 13.3. The minimum absolute atomic E-state index is 0.193. The Morgan fingerprint density at radius 1 is 0.317 bits per heavy atom. The van der Waals surface area contributed by atoms with Gasteiger partial charge >= 0.3 is 0 Å². The Kier molecular flexibility index (Phi) is 6.78. The largest absolute Gasteiger partial charge is 0.309 e. The Labute approximate surface area is 347 Å². The van der Waals surface area contributed by atoms with Crippen LogP contribution in [0, 0.1) is 0 Å². The van der Waals surface area contributed by atoms with E-state index >= 15 is 0 Å². The molecule has 0 amide bonds. The second kappa shape index (κ2) is 12.2. The van der Waals surface area contributed by atoms with Gasteiger partial charge in [0.1, 0.15) is 0 Å². The predicted octanol–water partition coefficient (Wildman–Crippen LogP) is 15.0. The SMILES string of the molecule is CC1(C)c2cc(-n3c4ccccc4c4cc(-c5ccc6c(c5)c5ccccc5n6-c5ccccc5)ccc43)ccc2-c2c1ccc1c3ccccc3n(-c3ccccc3)c21. The zero-order chi connectivity index (χ0) is 39.7. The van der Waals surface area contributed by atoms with E-state index in [0.29, 0.717) is 0 Å². The highest BCUT2D eigenvalue weighted by molar-refractivity contribution is 6.16. The van der Waals surface area contributed by atoms with Crippen LogP contribution < -0.4 is 0 Å².